The molecule has 0 atom stereocenters. The quantitative estimate of drug-likeness (QED) is 0.703. The van der Waals surface area contributed by atoms with Crippen LogP contribution >= 0.6 is 27.7 Å². The number of benzene rings is 2. The van der Waals surface area contributed by atoms with Gasteiger partial charge in [-0.1, -0.05) is 27.7 Å². The van der Waals surface area contributed by atoms with Gasteiger partial charge >= 0.3 is 0 Å². The van der Waals surface area contributed by atoms with Crippen molar-refractivity contribution in [2.24, 2.45) is 0 Å². The lowest BCUT2D eigenvalue weighted by Gasteiger charge is -2.02. The molecule has 1 heterocycles. The fraction of sp³-hybridized carbons (Fsp3) is 0.0667. The molecule has 0 aliphatic rings. The molecule has 0 aliphatic heterocycles. The highest BCUT2D eigenvalue weighted by molar-refractivity contribution is 9.10. The Morgan fingerprint density at radius 3 is 2.90 bits per heavy atom. The van der Waals surface area contributed by atoms with E-state index < -0.39 is 0 Å². The van der Waals surface area contributed by atoms with Crippen molar-refractivity contribution in [1.82, 2.24) is 9.97 Å². The van der Waals surface area contributed by atoms with Crippen molar-refractivity contribution in [1.29, 1.82) is 0 Å². The molecule has 0 aliphatic carbocycles. The van der Waals surface area contributed by atoms with Crippen molar-refractivity contribution < 1.29 is 9.53 Å². The number of halogens is 1. The van der Waals surface area contributed by atoms with Crippen molar-refractivity contribution in [3.63, 3.8) is 0 Å². The van der Waals surface area contributed by atoms with Gasteiger partial charge in [0.25, 0.3) is 0 Å². The van der Waals surface area contributed by atoms with E-state index in [1.54, 1.807) is 13.2 Å². The van der Waals surface area contributed by atoms with Crippen LogP contribution in [0.3, 0.4) is 0 Å². The van der Waals surface area contributed by atoms with E-state index in [0.29, 0.717) is 5.56 Å². The summed E-state index contributed by atoms with van der Waals surface area (Å²) in [6.45, 7) is 0. The fourth-order valence-corrected chi connectivity index (χ4v) is 3.38. The summed E-state index contributed by atoms with van der Waals surface area (Å²) in [7, 11) is 1.63. The van der Waals surface area contributed by atoms with Crippen LogP contribution in [0, 0.1) is 0 Å². The van der Waals surface area contributed by atoms with E-state index in [4.69, 9.17) is 4.74 Å². The number of aromatic amines is 1. The van der Waals surface area contributed by atoms with Gasteiger partial charge in [-0.3, -0.25) is 4.79 Å². The van der Waals surface area contributed by atoms with E-state index in [9.17, 15) is 4.79 Å². The minimum Gasteiger partial charge on any atom is -0.497 e. The fourth-order valence-electron chi connectivity index (χ4n) is 1.94. The summed E-state index contributed by atoms with van der Waals surface area (Å²) >= 11 is 4.84. The van der Waals surface area contributed by atoms with Gasteiger partial charge in [-0.05, 0) is 30.3 Å². The molecule has 0 saturated carbocycles. The number of aldehydes is 1. The highest BCUT2D eigenvalue weighted by Gasteiger charge is 2.09. The molecule has 0 amide bonds. The smallest absolute Gasteiger partial charge is 0.171 e. The number of imidazole rings is 1. The third-order valence-electron chi connectivity index (χ3n) is 2.98. The topological polar surface area (TPSA) is 55.0 Å². The number of hydrogen-bond acceptors (Lipinski definition) is 4. The molecule has 4 nitrogen and oxygen atoms in total. The SMILES string of the molecule is COc1ccc2nc(Sc3cc(Br)ccc3C=O)[nH]c2c1. The summed E-state index contributed by atoms with van der Waals surface area (Å²) in [5, 5.41) is 0.736. The summed E-state index contributed by atoms with van der Waals surface area (Å²) in [6, 6.07) is 11.2. The van der Waals surface area contributed by atoms with Crippen LogP contribution in [0.1, 0.15) is 10.4 Å². The highest BCUT2D eigenvalue weighted by Crippen LogP contribution is 2.32. The molecule has 6 heteroatoms. The Morgan fingerprint density at radius 1 is 1.29 bits per heavy atom. The number of nitrogens with one attached hydrogen (secondary N) is 1. The molecule has 106 valence electrons. The van der Waals surface area contributed by atoms with Crippen molar-refractivity contribution in [2.45, 2.75) is 10.1 Å². The zero-order valence-corrected chi connectivity index (χ0v) is 13.5. The molecule has 1 aromatic heterocycles. The number of rotatable bonds is 4. The molecule has 3 rings (SSSR count). The summed E-state index contributed by atoms with van der Waals surface area (Å²) in [5.74, 6) is 0.777. The van der Waals surface area contributed by atoms with E-state index in [-0.39, 0.29) is 0 Å². The normalized spacial score (nSPS) is 10.8. The van der Waals surface area contributed by atoms with Gasteiger partial charge in [0, 0.05) is 21.0 Å². The molecule has 0 spiro atoms. The van der Waals surface area contributed by atoms with Crippen molar-refractivity contribution >= 4 is 45.0 Å². The van der Waals surface area contributed by atoms with E-state index in [2.05, 4.69) is 25.9 Å². The number of aromatic nitrogens is 2. The molecule has 21 heavy (non-hydrogen) atoms. The summed E-state index contributed by atoms with van der Waals surface area (Å²) in [6.07, 6.45) is 0.848. The summed E-state index contributed by atoms with van der Waals surface area (Å²) in [4.78, 5) is 19.7. The Bertz CT molecular complexity index is 817. The molecule has 2 aromatic carbocycles. The van der Waals surface area contributed by atoms with Crippen LogP contribution < -0.4 is 4.74 Å². The van der Waals surface area contributed by atoms with Gasteiger partial charge in [-0.25, -0.2) is 4.98 Å². The van der Waals surface area contributed by atoms with Gasteiger partial charge in [0.1, 0.15) is 5.75 Å². The number of H-pyrrole nitrogens is 1. The van der Waals surface area contributed by atoms with Crippen LogP contribution in [-0.2, 0) is 0 Å². The van der Waals surface area contributed by atoms with Gasteiger partial charge in [-0.2, -0.15) is 0 Å². The van der Waals surface area contributed by atoms with Gasteiger partial charge in [-0.15, -0.1) is 0 Å². The van der Waals surface area contributed by atoms with E-state index >= 15 is 0 Å². The van der Waals surface area contributed by atoms with E-state index in [1.807, 2.05) is 30.3 Å². The molecule has 1 N–H and O–H groups in total. The maximum atomic E-state index is 11.1. The first-order valence-corrected chi connectivity index (χ1v) is 7.77. The monoisotopic (exact) mass is 362 g/mol. The van der Waals surface area contributed by atoms with Crippen molar-refractivity contribution in [2.75, 3.05) is 7.11 Å². The predicted octanol–water partition coefficient (Wildman–Crippen LogP) is 4.30. The maximum Gasteiger partial charge on any atom is 0.171 e. The Morgan fingerprint density at radius 2 is 2.14 bits per heavy atom. The van der Waals surface area contributed by atoms with Gasteiger partial charge in [0.2, 0.25) is 0 Å². The molecule has 0 saturated heterocycles. The molecule has 0 fully saturated rings. The average molecular weight is 363 g/mol. The average Bonchev–Trinajstić information content (AvgIpc) is 2.88. The second-order valence-corrected chi connectivity index (χ2v) is 6.27. The summed E-state index contributed by atoms with van der Waals surface area (Å²) < 4.78 is 6.12. The Kier molecular flexibility index (Phi) is 3.98. The number of hydrogen-bond donors (Lipinski definition) is 1. The highest BCUT2D eigenvalue weighted by atomic mass is 79.9. The Hall–Kier alpha value is -1.79. The zero-order chi connectivity index (χ0) is 14.8. The minimum absolute atomic E-state index is 0.640. The second-order valence-electron chi connectivity index (χ2n) is 4.33. The van der Waals surface area contributed by atoms with Crippen molar-refractivity contribution in [3.05, 3.63) is 46.4 Å². The van der Waals surface area contributed by atoms with Crippen LogP contribution in [-0.4, -0.2) is 23.4 Å². The van der Waals surface area contributed by atoms with Gasteiger partial charge in [0.05, 0.1) is 18.1 Å². The number of fused-ring (bicyclic) bond motifs is 1. The third-order valence-corrected chi connectivity index (χ3v) is 4.43. The van der Waals surface area contributed by atoms with E-state index in [0.717, 1.165) is 37.6 Å². The second kappa shape index (κ2) is 5.91. The lowest BCUT2D eigenvalue weighted by atomic mass is 10.2. The minimum atomic E-state index is 0.640. The molecular formula is C15H11BrN2O2S. The van der Waals surface area contributed by atoms with Gasteiger partial charge < -0.3 is 9.72 Å². The Labute approximate surface area is 134 Å². The maximum absolute atomic E-state index is 11.1. The number of ether oxygens (including phenoxy) is 1. The van der Waals surface area contributed by atoms with Gasteiger partial charge in [0.15, 0.2) is 11.4 Å². The van der Waals surface area contributed by atoms with Crippen LogP contribution in [0.2, 0.25) is 0 Å². The van der Waals surface area contributed by atoms with Crippen LogP contribution in [0.25, 0.3) is 11.0 Å². The number of nitrogens with zero attached hydrogens (tertiary/aromatic N) is 1. The van der Waals surface area contributed by atoms with Crippen LogP contribution in [0.5, 0.6) is 5.75 Å². The molecule has 3 aromatic rings. The molecule has 0 radical (unpaired) electrons. The van der Waals surface area contributed by atoms with Crippen molar-refractivity contribution in [3.8, 4) is 5.75 Å². The Balaban J connectivity index is 1.98. The third kappa shape index (κ3) is 2.96. The number of carbonyl (C=O) groups is 1. The first kappa shape index (κ1) is 14.2. The van der Waals surface area contributed by atoms with Crippen LogP contribution in [0.15, 0.2) is 50.9 Å². The standard InChI is InChI=1S/C15H11BrN2O2S/c1-20-11-4-5-12-13(7-11)18-15(17-12)21-14-6-10(16)3-2-9(14)8-19/h2-8H,1H3,(H,17,18). The largest absolute Gasteiger partial charge is 0.497 e. The molecule has 0 bridgehead atoms. The molecular weight excluding hydrogens is 352 g/mol. The molecule has 0 unspecified atom stereocenters. The first-order chi connectivity index (χ1) is 10.2. The predicted molar refractivity (Wildman–Crippen MR) is 86.3 cm³/mol. The lowest BCUT2D eigenvalue weighted by Crippen LogP contribution is -1.85. The van der Waals surface area contributed by atoms with Crippen LogP contribution in [0.4, 0.5) is 0 Å². The zero-order valence-electron chi connectivity index (χ0n) is 11.1. The first-order valence-electron chi connectivity index (χ1n) is 6.16. The summed E-state index contributed by atoms with van der Waals surface area (Å²) in [5.41, 5.74) is 2.40. The lowest BCUT2D eigenvalue weighted by molar-refractivity contribution is 0.112. The number of methoxy groups -OCH3 is 1. The number of carbonyl (C=O) groups excluding carboxylic acids is 1. The van der Waals surface area contributed by atoms with E-state index in [1.165, 1.54) is 11.8 Å².